The molecule has 0 spiro atoms. The average molecular weight is 542 g/mol. The fourth-order valence-corrected chi connectivity index (χ4v) is 4.63. The second-order valence-corrected chi connectivity index (χ2v) is 8.35. The molecule has 0 unspecified atom stereocenters. The molecular weight excluding hydrogens is 502 g/mol. The monoisotopic (exact) mass is 541 g/mol. The number of nitrogens with zero attached hydrogens (tertiary/aromatic N) is 5. The Balaban J connectivity index is 1.73. The van der Waals surface area contributed by atoms with Gasteiger partial charge in [-0.2, -0.15) is 15.0 Å². The molecule has 0 aliphatic carbocycles. The largest absolute Gasteiger partial charge is 0.307 e. The average Bonchev–Trinajstić information content (AvgIpc) is 3.75. The summed E-state index contributed by atoms with van der Waals surface area (Å²) in [5, 5.41) is -2.39. The van der Waals surface area contributed by atoms with Gasteiger partial charge in [-0.15, -0.1) is 0 Å². The molecule has 5 aromatic carbocycles. The second kappa shape index (κ2) is 8.51. The first kappa shape index (κ1) is 9.95. The first-order valence-corrected chi connectivity index (χ1v) is 11.5. The molecule has 6 heteroatoms. The van der Waals surface area contributed by atoms with Crippen molar-refractivity contribution >= 4 is 55.2 Å². The zero-order chi connectivity index (χ0) is 43.3. The number of benzene rings is 5. The predicted octanol–water partition coefficient (Wildman–Crippen LogP) is 8.39. The third-order valence-electron chi connectivity index (χ3n) is 5.97. The van der Waals surface area contributed by atoms with Gasteiger partial charge in [-0.1, -0.05) is 96.7 Å². The maximum Gasteiger partial charge on any atom is 0.239 e. The number of rotatable bonds is 3. The van der Waals surface area contributed by atoms with E-state index in [-0.39, 0.29) is 0 Å². The van der Waals surface area contributed by atoms with E-state index in [1.54, 1.807) is 0 Å². The molecular formula is C33H20ClN5. The summed E-state index contributed by atoms with van der Waals surface area (Å²) in [6, 6.07) is -15.7. The van der Waals surface area contributed by atoms with E-state index in [0.717, 1.165) is 9.13 Å². The summed E-state index contributed by atoms with van der Waals surface area (Å²) in [5.74, 6) is -1.30. The van der Waals surface area contributed by atoms with Crippen LogP contribution in [0.15, 0.2) is 121 Å². The lowest BCUT2D eigenvalue weighted by Crippen LogP contribution is -2.06. The highest BCUT2D eigenvalue weighted by Gasteiger charge is 2.21. The van der Waals surface area contributed by atoms with Gasteiger partial charge in [0, 0.05) is 27.1 Å². The molecule has 0 saturated heterocycles. The Morgan fingerprint density at radius 1 is 0.513 bits per heavy atom. The van der Waals surface area contributed by atoms with Crippen molar-refractivity contribution in [1.29, 1.82) is 0 Å². The minimum atomic E-state index is -0.883. The topological polar surface area (TPSA) is 48.5 Å². The molecule has 0 amide bonds. The minimum Gasteiger partial charge on any atom is -0.307 e. The molecule has 0 bridgehead atoms. The highest BCUT2D eigenvalue weighted by atomic mass is 35.5. The maximum atomic E-state index is 9.37. The van der Waals surface area contributed by atoms with Crippen molar-refractivity contribution in [3.05, 3.63) is 126 Å². The van der Waals surface area contributed by atoms with E-state index in [9.17, 15) is 1.37 Å². The van der Waals surface area contributed by atoms with Crippen LogP contribution in [-0.2, 0) is 0 Å². The fraction of sp³-hybridized carbons (Fsp3) is 0. The maximum absolute atomic E-state index is 9.37. The third-order valence-corrected chi connectivity index (χ3v) is 6.14. The Labute approximate surface area is 256 Å². The molecule has 0 aliphatic heterocycles. The van der Waals surface area contributed by atoms with Crippen molar-refractivity contribution in [3.8, 4) is 23.0 Å². The molecule has 39 heavy (non-hydrogen) atoms. The summed E-state index contributed by atoms with van der Waals surface area (Å²) in [4.78, 5) is 12.5. The van der Waals surface area contributed by atoms with Crippen molar-refractivity contribution in [2.24, 2.45) is 0 Å². The Morgan fingerprint density at radius 3 is 1.72 bits per heavy atom. The molecule has 0 aliphatic rings. The van der Waals surface area contributed by atoms with Crippen LogP contribution in [0.5, 0.6) is 0 Å². The highest BCUT2D eigenvalue weighted by Crippen LogP contribution is 2.39. The standard InChI is InChI=1S/C33H20ClN5/c34-32-35-31(21-11-2-1-3-12-21)36-33(37-32)39-28-19-9-6-15-24(28)25-16-10-20-29(30(25)39)38-26-17-7-4-13-22(26)23-14-5-8-18-27(23)38/h1-20H/i1D,2D,3D,4D,5D,6D,7D,8D,9D,10D,11D,12D,13D,14D,15D,16D,17D,18D,19D,20D. The predicted molar refractivity (Wildman–Crippen MR) is 159 cm³/mol. The van der Waals surface area contributed by atoms with E-state index in [4.69, 9.17) is 37.6 Å². The van der Waals surface area contributed by atoms with Gasteiger partial charge in [0.1, 0.15) is 0 Å². The Bertz CT molecular complexity index is 3200. The van der Waals surface area contributed by atoms with E-state index in [1.807, 2.05) is 0 Å². The lowest BCUT2D eigenvalue weighted by Gasteiger charge is -2.13. The molecule has 8 rings (SSSR count). The Morgan fingerprint density at radius 2 is 1.05 bits per heavy atom. The van der Waals surface area contributed by atoms with E-state index in [0.29, 0.717) is 0 Å². The van der Waals surface area contributed by atoms with Gasteiger partial charge in [0.2, 0.25) is 11.2 Å². The summed E-state index contributed by atoms with van der Waals surface area (Å²) in [7, 11) is 0. The van der Waals surface area contributed by atoms with Gasteiger partial charge in [0.05, 0.1) is 55.2 Å². The second-order valence-electron chi connectivity index (χ2n) is 8.02. The molecule has 0 atom stereocenters. The first-order valence-electron chi connectivity index (χ1n) is 21.1. The lowest BCUT2D eigenvalue weighted by molar-refractivity contribution is 0.944. The first-order chi connectivity index (χ1) is 27.6. The van der Waals surface area contributed by atoms with Crippen LogP contribution in [0.4, 0.5) is 0 Å². The zero-order valence-electron chi connectivity index (χ0n) is 39.1. The van der Waals surface area contributed by atoms with Gasteiger partial charge in [-0.25, -0.2) is 0 Å². The van der Waals surface area contributed by atoms with Crippen LogP contribution in [0.25, 0.3) is 66.6 Å². The highest BCUT2D eigenvalue weighted by molar-refractivity contribution is 6.28. The number of hydrogen-bond acceptors (Lipinski definition) is 3. The normalized spacial score (nSPS) is 18.9. The molecule has 0 radical (unpaired) electrons. The van der Waals surface area contributed by atoms with Crippen LogP contribution in [0, 0.1) is 0 Å². The van der Waals surface area contributed by atoms with Crippen LogP contribution in [0.3, 0.4) is 0 Å². The van der Waals surface area contributed by atoms with Gasteiger partial charge in [0.15, 0.2) is 5.82 Å². The molecule has 3 heterocycles. The van der Waals surface area contributed by atoms with Crippen molar-refractivity contribution in [2.45, 2.75) is 0 Å². The van der Waals surface area contributed by atoms with Gasteiger partial charge >= 0.3 is 0 Å². The van der Waals surface area contributed by atoms with Crippen molar-refractivity contribution in [3.63, 3.8) is 0 Å². The molecule has 3 aromatic heterocycles. The molecule has 0 fully saturated rings. The summed E-state index contributed by atoms with van der Waals surface area (Å²) >= 11 is 6.43. The van der Waals surface area contributed by atoms with E-state index in [1.165, 1.54) is 0 Å². The zero-order valence-corrected chi connectivity index (χ0v) is 19.9. The summed E-state index contributed by atoms with van der Waals surface area (Å²) < 4.78 is 176. The number of halogens is 1. The van der Waals surface area contributed by atoms with Crippen LogP contribution in [0.2, 0.25) is 5.28 Å². The van der Waals surface area contributed by atoms with Crippen LogP contribution >= 0.6 is 11.6 Å². The van der Waals surface area contributed by atoms with E-state index < -0.39 is 193 Å². The molecule has 0 N–H and O–H groups in total. The molecule has 184 valence electrons. The fourth-order valence-electron chi connectivity index (χ4n) is 4.47. The van der Waals surface area contributed by atoms with Gasteiger partial charge in [-0.3, -0.25) is 4.57 Å². The molecule has 5 nitrogen and oxygen atoms in total. The molecule has 0 saturated carbocycles. The summed E-state index contributed by atoms with van der Waals surface area (Å²) in [6.45, 7) is 0. The van der Waals surface area contributed by atoms with Gasteiger partial charge < -0.3 is 4.57 Å². The van der Waals surface area contributed by atoms with Crippen molar-refractivity contribution in [1.82, 2.24) is 24.1 Å². The van der Waals surface area contributed by atoms with Crippen molar-refractivity contribution in [2.75, 3.05) is 0 Å². The smallest absolute Gasteiger partial charge is 0.239 e. The molecule has 8 aromatic rings. The Kier molecular flexibility index (Phi) is 2.17. The van der Waals surface area contributed by atoms with Gasteiger partial charge in [-0.05, 0) is 35.8 Å². The number of aromatic nitrogens is 5. The number of fused-ring (bicyclic) bond motifs is 6. The SMILES string of the molecule is [2H]c1c([2H])c([2H])c(-c2nc(Cl)nc(-n3c4c([2H])c([2H])c([2H])c([2H])c4c4c([2H])c([2H])c([2H])c(-n5c6c([2H])c([2H])c([2H])c([2H])c6c6c([2H])c([2H])c([2H])c([2H])c65)c43)n2)c([2H])c1[2H]. The third kappa shape index (κ3) is 3.30. The quantitative estimate of drug-likeness (QED) is 0.225. The summed E-state index contributed by atoms with van der Waals surface area (Å²) in [6.07, 6.45) is 0. The minimum absolute atomic E-state index is 0.411. The van der Waals surface area contributed by atoms with Gasteiger partial charge in [0.25, 0.3) is 0 Å². The number of hydrogen-bond donors (Lipinski definition) is 0. The van der Waals surface area contributed by atoms with E-state index in [2.05, 4.69) is 15.0 Å². The van der Waals surface area contributed by atoms with Crippen LogP contribution in [-0.4, -0.2) is 24.1 Å². The summed E-state index contributed by atoms with van der Waals surface area (Å²) in [5.41, 5.74) is -3.19. The Hall–Kier alpha value is -5.00. The lowest BCUT2D eigenvalue weighted by atomic mass is 10.1. The van der Waals surface area contributed by atoms with Crippen LogP contribution in [0.1, 0.15) is 27.4 Å². The number of para-hydroxylation sites is 4. The van der Waals surface area contributed by atoms with Crippen LogP contribution < -0.4 is 0 Å². The van der Waals surface area contributed by atoms with E-state index >= 15 is 0 Å². The van der Waals surface area contributed by atoms with Crippen molar-refractivity contribution < 1.29 is 27.4 Å².